The number of hydrogen-bond acceptors (Lipinski definition) is 3. The van der Waals surface area contributed by atoms with Gasteiger partial charge in [0.1, 0.15) is 11.9 Å². The molecule has 0 unspecified atom stereocenters. The predicted molar refractivity (Wildman–Crippen MR) is 111 cm³/mol. The van der Waals surface area contributed by atoms with Gasteiger partial charge in [0.25, 0.3) is 0 Å². The Bertz CT molecular complexity index is 575. The molecule has 1 aliphatic heterocycles. The SMILES string of the molecule is C[C@H]1CC=C(CO[Si](C)(C)C(C)(C)C)O[C@H]1CCOCc1ccccc1. The fourth-order valence-corrected chi connectivity index (χ4v) is 3.63. The minimum Gasteiger partial charge on any atom is -0.492 e. The summed E-state index contributed by atoms with van der Waals surface area (Å²) in [5.41, 5.74) is 1.22. The Balaban J connectivity index is 1.76. The normalized spacial score (nSPS) is 21.2. The molecular weight excluding hydrogens is 340 g/mol. The van der Waals surface area contributed by atoms with Gasteiger partial charge in [-0.1, -0.05) is 58.0 Å². The lowest BCUT2D eigenvalue weighted by molar-refractivity contribution is 0.00608. The lowest BCUT2D eigenvalue weighted by Crippen LogP contribution is -2.41. The predicted octanol–water partition coefficient (Wildman–Crippen LogP) is 5.92. The molecule has 0 saturated heterocycles. The molecule has 0 spiro atoms. The Morgan fingerprint density at radius 2 is 1.81 bits per heavy atom. The van der Waals surface area contributed by atoms with Gasteiger partial charge in [0, 0.05) is 6.42 Å². The van der Waals surface area contributed by atoms with E-state index in [0.29, 0.717) is 19.1 Å². The van der Waals surface area contributed by atoms with Crippen LogP contribution in [0.1, 0.15) is 46.1 Å². The molecule has 1 aliphatic rings. The van der Waals surface area contributed by atoms with Crippen LogP contribution in [-0.2, 0) is 20.5 Å². The van der Waals surface area contributed by atoms with E-state index in [1.807, 2.05) is 18.2 Å². The lowest BCUT2D eigenvalue weighted by Gasteiger charge is -2.37. The van der Waals surface area contributed by atoms with E-state index in [2.05, 4.69) is 59.0 Å². The zero-order valence-corrected chi connectivity index (χ0v) is 18.4. The second-order valence-corrected chi connectivity index (χ2v) is 13.7. The second-order valence-electron chi connectivity index (χ2n) is 8.92. The largest absolute Gasteiger partial charge is 0.492 e. The quantitative estimate of drug-likeness (QED) is 0.416. The third-order valence-corrected chi connectivity index (χ3v) is 10.2. The van der Waals surface area contributed by atoms with Crippen molar-refractivity contribution in [1.82, 2.24) is 0 Å². The zero-order valence-electron chi connectivity index (χ0n) is 17.4. The average Bonchev–Trinajstić information content (AvgIpc) is 2.59. The number of allylic oxidation sites excluding steroid dienone is 1. The van der Waals surface area contributed by atoms with Crippen LogP contribution in [0, 0.1) is 5.92 Å². The van der Waals surface area contributed by atoms with E-state index in [-0.39, 0.29) is 11.1 Å². The fourth-order valence-electron chi connectivity index (χ4n) is 2.70. The van der Waals surface area contributed by atoms with Gasteiger partial charge in [0.05, 0.1) is 19.8 Å². The maximum absolute atomic E-state index is 6.31. The first-order valence-electron chi connectivity index (χ1n) is 9.80. The molecule has 3 nitrogen and oxygen atoms in total. The minimum atomic E-state index is -1.74. The highest BCUT2D eigenvalue weighted by Crippen LogP contribution is 2.37. The number of rotatable bonds is 8. The molecule has 0 aromatic heterocycles. The van der Waals surface area contributed by atoms with Crippen LogP contribution in [0.3, 0.4) is 0 Å². The molecule has 1 aromatic rings. The first-order chi connectivity index (χ1) is 12.2. The Morgan fingerprint density at radius 1 is 1.12 bits per heavy atom. The van der Waals surface area contributed by atoms with Crippen molar-refractivity contribution < 1.29 is 13.9 Å². The van der Waals surface area contributed by atoms with Crippen LogP contribution in [0.2, 0.25) is 18.1 Å². The summed E-state index contributed by atoms with van der Waals surface area (Å²) in [5, 5.41) is 0.222. The smallest absolute Gasteiger partial charge is 0.192 e. The summed E-state index contributed by atoms with van der Waals surface area (Å²) < 4.78 is 18.4. The third kappa shape index (κ3) is 6.25. The highest BCUT2D eigenvalue weighted by molar-refractivity contribution is 6.74. The maximum atomic E-state index is 6.31. The Hall–Kier alpha value is -1.10. The van der Waals surface area contributed by atoms with E-state index in [9.17, 15) is 0 Å². The van der Waals surface area contributed by atoms with Gasteiger partial charge in [-0.25, -0.2) is 0 Å². The third-order valence-electron chi connectivity index (χ3n) is 5.69. The van der Waals surface area contributed by atoms with Gasteiger partial charge in [-0.3, -0.25) is 0 Å². The molecule has 1 heterocycles. The number of benzene rings is 1. The van der Waals surface area contributed by atoms with Crippen LogP contribution in [0.15, 0.2) is 42.2 Å². The molecule has 0 bridgehead atoms. The molecule has 1 aromatic carbocycles. The second kappa shape index (κ2) is 9.20. The van der Waals surface area contributed by atoms with E-state index in [1.165, 1.54) is 5.56 Å². The molecule has 0 saturated carbocycles. The molecule has 4 heteroatoms. The van der Waals surface area contributed by atoms with Gasteiger partial charge in [0.15, 0.2) is 8.32 Å². The van der Waals surface area contributed by atoms with E-state index in [0.717, 1.165) is 25.2 Å². The van der Waals surface area contributed by atoms with Crippen molar-refractivity contribution in [2.45, 2.75) is 71.4 Å². The van der Waals surface area contributed by atoms with Crippen LogP contribution in [0.4, 0.5) is 0 Å². The molecule has 2 rings (SSSR count). The van der Waals surface area contributed by atoms with Crippen molar-refractivity contribution in [2.24, 2.45) is 5.92 Å². The average molecular weight is 377 g/mol. The molecule has 146 valence electrons. The molecule has 2 atom stereocenters. The van der Waals surface area contributed by atoms with Crippen molar-refractivity contribution in [3.05, 3.63) is 47.7 Å². The minimum absolute atomic E-state index is 0.216. The Kier molecular flexibility index (Phi) is 7.50. The van der Waals surface area contributed by atoms with E-state index < -0.39 is 8.32 Å². The molecular formula is C22H36O3Si. The highest BCUT2D eigenvalue weighted by atomic mass is 28.4. The van der Waals surface area contributed by atoms with Crippen LogP contribution >= 0.6 is 0 Å². The van der Waals surface area contributed by atoms with Crippen LogP contribution in [0.25, 0.3) is 0 Å². The van der Waals surface area contributed by atoms with E-state index in [1.54, 1.807) is 0 Å². The summed E-state index contributed by atoms with van der Waals surface area (Å²) in [5.74, 6) is 1.52. The van der Waals surface area contributed by atoms with Crippen LogP contribution in [-0.4, -0.2) is 27.6 Å². The molecule has 0 radical (unpaired) electrons. The van der Waals surface area contributed by atoms with Crippen molar-refractivity contribution in [3.63, 3.8) is 0 Å². The summed E-state index contributed by atoms with van der Waals surface area (Å²) in [6.45, 7) is 15.6. The summed E-state index contributed by atoms with van der Waals surface area (Å²) in [6, 6.07) is 10.3. The summed E-state index contributed by atoms with van der Waals surface area (Å²) in [7, 11) is -1.74. The first kappa shape index (κ1) is 21.2. The van der Waals surface area contributed by atoms with Crippen LogP contribution < -0.4 is 0 Å². The topological polar surface area (TPSA) is 27.7 Å². The van der Waals surface area contributed by atoms with Crippen molar-refractivity contribution in [3.8, 4) is 0 Å². The van der Waals surface area contributed by atoms with Gasteiger partial charge in [-0.2, -0.15) is 0 Å². The number of hydrogen-bond donors (Lipinski definition) is 0. The standard InChI is InChI=1S/C22H36O3Si/c1-18-12-13-20(17-24-26(5,6)22(2,3)4)25-21(18)14-15-23-16-19-10-8-7-9-11-19/h7-11,13,18,21H,12,14-17H2,1-6H3/t18-,21-/m0/s1. The molecule has 0 N–H and O–H groups in total. The summed E-state index contributed by atoms with van der Waals surface area (Å²) in [6.07, 6.45) is 4.40. The molecule has 0 fully saturated rings. The molecule has 0 aliphatic carbocycles. The van der Waals surface area contributed by atoms with Gasteiger partial charge >= 0.3 is 0 Å². The van der Waals surface area contributed by atoms with Crippen molar-refractivity contribution >= 4 is 8.32 Å². The Labute approximate surface area is 160 Å². The van der Waals surface area contributed by atoms with Crippen molar-refractivity contribution in [2.75, 3.05) is 13.2 Å². The van der Waals surface area contributed by atoms with Gasteiger partial charge in [-0.05, 0) is 42.1 Å². The zero-order chi connectivity index (χ0) is 19.2. The fraction of sp³-hybridized carbons (Fsp3) is 0.636. The maximum Gasteiger partial charge on any atom is 0.192 e. The van der Waals surface area contributed by atoms with Gasteiger partial charge < -0.3 is 13.9 Å². The first-order valence-corrected chi connectivity index (χ1v) is 12.7. The lowest BCUT2D eigenvalue weighted by atomic mass is 9.96. The molecule has 0 amide bonds. The molecule has 26 heavy (non-hydrogen) atoms. The van der Waals surface area contributed by atoms with Gasteiger partial charge in [-0.15, -0.1) is 0 Å². The van der Waals surface area contributed by atoms with Crippen LogP contribution in [0.5, 0.6) is 0 Å². The summed E-state index contributed by atoms with van der Waals surface area (Å²) in [4.78, 5) is 0. The highest BCUT2D eigenvalue weighted by Gasteiger charge is 2.37. The number of ether oxygens (including phenoxy) is 2. The Morgan fingerprint density at radius 3 is 2.46 bits per heavy atom. The van der Waals surface area contributed by atoms with E-state index in [4.69, 9.17) is 13.9 Å². The van der Waals surface area contributed by atoms with E-state index >= 15 is 0 Å². The summed E-state index contributed by atoms with van der Waals surface area (Å²) >= 11 is 0. The van der Waals surface area contributed by atoms with Crippen molar-refractivity contribution in [1.29, 1.82) is 0 Å². The monoisotopic (exact) mass is 376 g/mol. The van der Waals surface area contributed by atoms with Gasteiger partial charge in [0.2, 0.25) is 0 Å².